The highest BCUT2D eigenvalue weighted by molar-refractivity contribution is 5.42. The highest BCUT2D eigenvalue weighted by Gasteiger charge is 2.44. The molecule has 3 rings (SSSR count). The van der Waals surface area contributed by atoms with Crippen LogP contribution >= 0.6 is 0 Å². The Hall–Kier alpha value is -1.20. The van der Waals surface area contributed by atoms with Gasteiger partial charge in [-0.25, -0.2) is 9.37 Å². The lowest BCUT2D eigenvalue weighted by Gasteiger charge is -2.43. The number of ether oxygens (including phenoxy) is 1. The summed E-state index contributed by atoms with van der Waals surface area (Å²) in [6.07, 6.45) is 4.18. The van der Waals surface area contributed by atoms with Gasteiger partial charge in [-0.2, -0.15) is 0 Å². The van der Waals surface area contributed by atoms with E-state index in [0.717, 1.165) is 19.4 Å². The maximum atomic E-state index is 14.0. The first-order valence-electron chi connectivity index (χ1n) is 7.27. The van der Waals surface area contributed by atoms with Crippen LogP contribution in [0.1, 0.15) is 26.2 Å². The zero-order chi connectivity index (χ0) is 14.2. The SMILES string of the molecule is C[C@]1(O)CCOC[C@@H]1[C@H]1CCCN1c1ncccc1F. The van der Waals surface area contributed by atoms with Crippen molar-refractivity contribution in [2.45, 2.75) is 37.8 Å². The van der Waals surface area contributed by atoms with Crippen LogP contribution in [0.4, 0.5) is 10.2 Å². The molecule has 20 heavy (non-hydrogen) atoms. The second-order valence-corrected chi connectivity index (χ2v) is 6.00. The van der Waals surface area contributed by atoms with Crippen molar-refractivity contribution in [3.05, 3.63) is 24.1 Å². The Balaban J connectivity index is 1.87. The Morgan fingerprint density at radius 2 is 2.40 bits per heavy atom. The molecule has 1 aromatic rings. The van der Waals surface area contributed by atoms with Gasteiger partial charge in [-0.05, 0) is 38.3 Å². The number of halogens is 1. The minimum atomic E-state index is -0.753. The monoisotopic (exact) mass is 280 g/mol. The Morgan fingerprint density at radius 1 is 1.55 bits per heavy atom. The third-order valence-electron chi connectivity index (χ3n) is 4.62. The number of aliphatic hydroxyl groups is 1. The number of anilines is 1. The van der Waals surface area contributed by atoms with Crippen LogP contribution in [0, 0.1) is 11.7 Å². The quantitative estimate of drug-likeness (QED) is 0.899. The lowest BCUT2D eigenvalue weighted by molar-refractivity contribution is -0.108. The average Bonchev–Trinajstić information content (AvgIpc) is 2.87. The van der Waals surface area contributed by atoms with E-state index in [1.54, 1.807) is 12.3 Å². The molecule has 0 spiro atoms. The van der Waals surface area contributed by atoms with Crippen LogP contribution in [-0.4, -0.2) is 41.5 Å². The molecule has 0 aromatic carbocycles. The summed E-state index contributed by atoms with van der Waals surface area (Å²) in [5.41, 5.74) is -0.753. The van der Waals surface area contributed by atoms with E-state index in [4.69, 9.17) is 4.74 Å². The molecular formula is C15H21FN2O2. The number of hydrogen-bond donors (Lipinski definition) is 1. The van der Waals surface area contributed by atoms with Gasteiger partial charge in [-0.3, -0.25) is 0 Å². The molecule has 1 aromatic heterocycles. The van der Waals surface area contributed by atoms with Crippen LogP contribution in [0.5, 0.6) is 0 Å². The van der Waals surface area contributed by atoms with Crippen LogP contribution in [-0.2, 0) is 4.74 Å². The molecule has 2 aliphatic heterocycles. The van der Waals surface area contributed by atoms with Crippen molar-refractivity contribution in [1.82, 2.24) is 4.98 Å². The molecule has 3 heterocycles. The first-order chi connectivity index (χ1) is 9.59. The molecule has 0 amide bonds. The van der Waals surface area contributed by atoms with Crippen LogP contribution in [0.15, 0.2) is 18.3 Å². The largest absolute Gasteiger partial charge is 0.390 e. The van der Waals surface area contributed by atoms with Crippen LogP contribution in [0.2, 0.25) is 0 Å². The lowest BCUT2D eigenvalue weighted by atomic mass is 9.79. The summed E-state index contributed by atoms with van der Waals surface area (Å²) in [6.45, 7) is 3.77. The molecule has 4 nitrogen and oxygen atoms in total. The number of aromatic nitrogens is 1. The molecule has 0 radical (unpaired) electrons. The van der Waals surface area contributed by atoms with E-state index in [1.165, 1.54) is 6.07 Å². The van der Waals surface area contributed by atoms with Gasteiger partial charge < -0.3 is 14.7 Å². The van der Waals surface area contributed by atoms with Gasteiger partial charge in [0.2, 0.25) is 0 Å². The zero-order valence-corrected chi connectivity index (χ0v) is 11.8. The summed E-state index contributed by atoms with van der Waals surface area (Å²) in [6, 6.07) is 3.13. The van der Waals surface area contributed by atoms with Crippen LogP contribution in [0.3, 0.4) is 0 Å². The van der Waals surface area contributed by atoms with Gasteiger partial charge in [0.25, 0.3) is 0 Å². The molecular weight excluding hydrogens is 259 g/mol. The molecule has 110 valence electrons. The first kappa shape index (κ1) is 13.8. The molecule has 5 heteroatoms. The first-order valence-corrected chi connectivity index (χ1v) is 7.27. The van der Waals surface area contributed by atoms with Crippen molar-refractivity contribution in [2.24, 2.45) is 5.92 Å². The van der Waals surface area contributed by atoms with Gasteiger partial charge in [-0.15, -0.1) is 0 Å². The molecule has 0 aliphatic carbocycles. The summed E-state index contributed by atoms with van der Waals surface area (Å²) in [7, 11) is 0. The third-order valence-corrected chi connectivity index (χ3v) is 4.62. The summed E-state index contributed by atoms with van der Waals surface area (Å²) < 4.78 is 19.5. The number of pyridine rings is 1. The van der Waals surface area contributed by atoms with Crippen molar-refractivity contribution in [1.29, 1.82) is 0 Å². The van der Waals surface area contributed by atoms with Gasteiger partial charge in [0, 0.05) is 31.3 Å². The second-order valence-electron chi connectivity index (χ2n) is 6.00. The Bertz CT molecular complexity index is 481. The van der Waals surface area contributed by atoms with E-state index in [1.807, 2.05) is 11.8 Å². The molecule has 0 bridgehead atoms. The van der Waals surface area contributed by atoms with Crippen LogP contribution < -0.4 is 4.90 Å². The van der Waals surface area contributed by atoms with E-state index >= 15 is 0 Å². The molecule has 2 fully saturated rings. The summed E-state index contributed by atoms with van der Waals surface area (Å²) >= 11 is 0. The van der Waals surface area contributed by atoms with Gasteiger partial charge >= 0.3 is 0 Å². The summed E-state index contributed by atoms with van der Waals surface area (Å²) in [5.74, 6) is 0.104. The van der Waals surface area contributed by atoms with Gasteiger partial charge in [-0.1, -0.05) is 0 Å². The normalized spacial score (nSPS) is 34.5. The molecule has 2 aliphatic rings. The smallest absolute Gasteiger partial charge is 0.165 e. The zero-order valence-electron chi connectivity index (χ0n) is 11.8. The maximum absolute atomic E-state index is 14.0. The van der Waals surface area contributed by atoms with Crippen molar-refractivity contribution < 1.29 is 14.2 Å². The Morgan fingerprint density at radius 3 is 3.15 bits per heavy atom. The standard InChI is InChI=1S/C15H21FN2O2/c1-15(19)6-9-20-10-11(15)13-5-3-8-18(13)14-12(16)4-2-7-17-14/h2,4,7,11,13,19H,3,5-6,8-10H2,1H3/t11-,13-,15+/m1/s1. The number of nitrogens with zero attached hydrogens (tertiary/aromatic N) is 2. The number of rotatable bonds is 2. The molecule has 1 N–H and O–H groups in total. The van der Waals surface area contributed by atoms with Crippen molar-refractivity contribution in [3.8, 4) is 0 Å². The van der Waals surface area contributed by atoms with E-state index in [9.17, 15) is 9.50 Å². The van der Waals surface area contributed by atoms with Gasteiger partial charge in [0.1, 0.15) is 0 Å². The van der Waals surface area contributed by atoms with Crippen LogP contribution in [0.25, 0.3) is 0 Å². The molecule has 0 saturated carbocycles. The third kappa shape index (κ3) is 2.40. The predicted octanol–water partition coefficient (Wildman–Crippen LogP) is 1.98. The fourth-order valence-corrected chi connectivity index (χ4v) is 3.44. The van der Waals surface area contributed by atoms with Crippen molar-refractivity contribution in [2.75, 3.05) is 24.7 Å². The van der Waals surface area contributed by atoms with Gasteiger partial charge in [0.05, 0.1) is 12.2 Å². The highest BCUT2D eigenvalue weighted by atomic mass is 19.1. The van der Waals surface area contributed by atoms with E-state index in [0.29, 0.717) is 25.5 Å². The molecule has 2 saturated heterocycles. The minimum Gasteiger partial charge on any atom is -0.390 e. The van der Waals surface area contributed by atoms with Crippen molar-refractivity contribution in [3.63, 3.8) is 0 Å². The maximum Gasteiger partial charge on any atom is 0.165 e. The highest BCUT2D eigenvalue weighted by Crippen LogP contribution is 2.37. The molecule has 3 atom stereocenters. The fraction of sp³-hybridized carbons (Fsp3) is 0.667. The Labute approximate surface area is 118 Å². The van der Waals surface area contributed by atoms with E-state index in [2.05, 4.69) is 4.98 Å². The predicted molar refractivity (Wildman–Crippen MR) is 74.1 cm³/mol. The topological polar surface area (TPSA) is 45.6 Å². The lowest BCUT2D eigenvalue weighted by Crippen LogP contribution is -2.52. The average molecular weight is 280 g/mol. The molecule has 0 unspecified atom stereocenters. The summed E-state index contributed by atoms with van der Waals surface area (Å²) in [4.78, 5) is 6.18. The van der Waals surface area contributed by atoms with Gasteiger partial charge in [0.15, 0.2) is 11.6 Å². The van der Waals surface area contributed by atoms with Crippen molar-refractivity contribution >= 4 is 5.82 Å². The number of hydrogen-bond acceptors (Lipinski definition) is 4. The second kappa shape index (κ2) is 5.30. The minimum absolute atomic E-state index is 0.000145. The Kier molecular flexibility index (Phi) is 3.65. The summed E-state index contributed by atoms with van der Waals surface area (Å²) in [5, 5.41) is 10.6. The van der Waals surface area contributed by atoms with E-state index in [-0.39, 0.29) is 17.8 Å². The van der Waals surface area contributed by atoms with E-state index < -0.39 is 5.60 Å². The fourth-order valence-electron chi connectivity index (χ4n) is 3.44.